The van der Waals surface area contributed by atoms with E-state index in [0.717, 1.165) is 5.56 Å². The summed E-state index contributed by atoms with van der Waals surface area (Å²) in [5, 5.41) is 2.73. The van der Waals surface area contributed by atoms with Crippen LogP contribution in [0.5, 0.6) is 17.2 Å². The van der Waals surface area contributed by atoms with E-state index in [-0.39, 0.29) is 19.1 Å². The second-order valence-corrected chi connectivity index (χ2v) is 5.24. The van der Waals surface area contributed by atoms with Crippen molar-refractivity contribution in [2.75, 3.05) is 27.9 Å². The Balaban J connectivity index is 1.94. The van der Waals surface area contributed by atoms with Crippen molar-refractivity contribution in [1.29, 1.82) is 0 Å². The molecule has 1 amide bonds. The smallest absolute Gasteiger partial charge is 0.341 e. The minimum Gasteiger partial charge on any atom is -0.496 e. The fraction of sp³-hybridized carbons (Fsp3) is 0.263. The number of benzene rings is 2. The van der Waals surface area contributed by atoms with E-state index in [9.17, 15) is 9.59 Å². The molecule has 7 heteroatoms. The van der Waals surface area contributed by atoms with Crippen LogP contribution >= 0.6 is 0 Å². The fourth-order valence-corrected chi connectivity index (χ4v) is 2.27. The highest BCUT2D eigenvalue weighted by atomic mass is 16.5. The minimum absolute atomic E-state index is 0.152. The van der Waals surface area contributed by atoms with Crippen molar-refractivity contribution < 1.29 is 28.5 Å². The molecule has 138 valence electrons. The summed E-state index contributed by atoms with van der Waals surface area (Å²) in [5.41, 5.74) is 1.03. The first-order valence-corrected chi connectivity index (χ1v) is 7.86. The molecule has 0 saturated heterocycles. The van der Waals surface area contributed by atoms with E-state index < -0.39 is 5.97 Å². The molecule has 0 atom stereocenters. The topological polar surface area (TPSA) is 83.1 Å². The molecule has 2 aromatic rings. The Hall–Kier alpha value is -3.22. The summed E-state index contributed by atoms with van der Waals surface area (Å²) in [5.74, 6) is 0.646. The van der Waals surface area contributed by atoms with Gasteiger partial charge in [0, 0.05) is 6.54 Å². The van der Waals surface area contributed by atoms with Crippen molar-refractivity contribution >= 4 is 11.9 Å². The maximum atomic E-state index is 12.0. The minimum atomic E-state index is -0.505. The number of esters is 1. The number of para-hydroxylation sites is 2. The van der Waals surface area contributed by atoms with Crippen LogP contribution in [-0.2, 0) is 16.1 Å². The molecule has 26 heavy (non-hydrogen) atoms. The van der Waals surface area contributed by atoms with Crippen molar-refractivity contribution in [2.45, 2.75) is 6.54 Å². The first kappa shape index (κ1) is 19.1. The Morgan fingerprint density at radius 2 is 1.62 bits per heavy atom. The Morgan fingerprint density at radius 3 is 2.27 bits per heavy atom. The van der Waals surface area contributed by atoms with E-state index in [1.54, 1.807) is 36.4 Å². The van der Waals surface area contributed by atoms with Crippen LogP contribution in [-0.4, -0.2) is 39.8 Å². The summed E-state index contributed by atoms with van der Waals surface area (Å²) >= 11 is 0. The molecule has 0 unspecified atom stereocenters. The fourth-order valence-electron chi connectivity index (χ4n) is 2.27. The number of ether oxygens (including phenoxy) is 4. The number of amides is 1. The van der Waals surface area contributed by atoms with Gasteiger partial charge in [-0.15, -0.1) is 0 Å². The molecule has 2 rings (SSSR count). The van der Waals surface area contributed by atoms with Crippen LogP contribution in [0.1, 0.15) is 15.9 Å². The van der Waals surface area contributed by atoms with Crippen molar-refractivity contribution in [1.82, 2.24) is 5.32 Å². The number of methoxy groups -OCH3 is 3. The predicted molar refractivity (Wildman–Crippen MR) is 94.7 cm³/mol. The molecule has 0 saturated carbocycles. The molecule has 0 spiro atoms. The molecule has 0 bridgehead atoms. The zero-order valence-electron chi connectivity index (χ0n) is 14.9. The van der Waals surface area contributed by atoms with Crippen LogP contribution in [0.25, 0.3) is 0 Å². The zero-order chi connectivity index (χ0) is 18.9. The number of hydrogen-bond acceptors (Lipinski definition) is 6. The van der Waals surface area contributed by atoms with Crippen molar-refractivity contribution in [2.24, 2.45) is 0 Å². The van der Waals surface area contributed by atoms with Crippen molar-refractivity contribution in [3.63, 3.8) is 0 Å². The summed E-state index contributed by atoms with van der Waals surface area (Å²) in [6.45, 7) is 0.0858. The van der Waals surface area contributed by atoms with E-state index in [4.69, 9.17) is 18.9 Å². The van der Waals surface area contributed by atoms with Crippen LogP contribution < -0.4 is 19.5 Å². The largest absolute Gasteiger partial charge is 0.496 e. The van der Waals surface area contributed by atoms with Crippen LogP contribution in [0.4, 0.5) is 0 Å². The lowest BCUT2D eigenvalue weighted by Gasteiger charge is -2.12. The molecular formula is C19H21NO6. The van der Waals surface area contributed by atoms with Crippen LogP contribution in [0.2, 0.25) is 0 Å². The number of rotatable bonds is 8. The molecule has 7 nitrogen and oxygen atoms in total. The van der Waals surface area contributed by atoms with Gasteiger partial charge in [0.2, 0.25) is 0 Å². The molecule has 0 radical (unpaired) electrons. The lowest BCUT2D eigenvalue weighted by molar-refractivity contribution is -0.123. The maximum absolute atomic E-state index is 12.0. The van der Waals surface area contributed by atoms with Gasteiger partial charge in [0.15, 0.2) is 18.1 Å². The highest BCUT2D eigenvalue weighted by molar-refractivity contribution is 5.92. The third-order valence-electron chi connectivity index (χ3n) is 3.59. The number of carbonyl (C=O) groups is 2. The lowest BCUT2D eigenvalue weighted by atomic mass is 10.1. The molecule has 0 fully saturated rings. The molecule has 0 aromatic heterocycles. The van der Waals surface area contributed by atoms with E-state index in [0.29, 0.717) is 22.8 Å². The summed E-state index contributed by atoms with van der Waals surface area (Å²) in [7, 11) is 4.30. The van der Waals surface area contributed by atoms with Gasteiger partial charge < -0.3 is 24.3 Å². The summed E-state index contributed by atoms with van der Waals surface area (Å²) in [4.78, 5) is 23.8. The Labute approximate surface area is 151 Å². The lowest BCUT2D eigenvalue weighted by Crippen LogP contribution is -2.28. The van der Waals surface area contributed by atoms with Gasteiger partial charge in [-0.1, -0.05) is 18.2 Å². The van der Waals surface area contributed by atoms with E-state index >= 15 is 0 Å². The van der Waals surface area contributed by atoms with Crippen LogP contribution in [0, 0.1) is 0 Å². The first-order chi connectivity index (χ1) is 12.6. The van der Waals surface area contributed by atoms with Gasteiger partial charge in [-0.25, -0.2) is 4.79 Å². The normalized spacial score (nSPS) is 9.96. The van der Waals surface area contributed by atoms with Gasteiger partial charge in [0.1, 0.15) is 11.3 Å². The SMILES string of the molecule is COC(=O)c1cc(CNC(=O)COc2ccccc2OC)ccc1OC. The van der Waals surface area contributed by atoms with Gasteiger partial charge in [-0.05, 0) is 29.8 Å². The van der Waals surface area contributed by atoms with Crippen LogP contribution in [0.3, 0.4) is 0 Å². The van der Waals surface area contributed by atoms with Crippen molar-refractivity contribution in [3.05, 3.63) is 53.6 Å². The molecule has 0 aliphatic rings. The average Bonchev–Trinajstić information content (AvgIpc) is 2.69. The molecule has 0 aliphatic carbocycles. The summed E-state index contributed by atoms with van der Waals surface area (Å²) < 4.78 is 20.5. The zero-order valence-corrected chi connectivity index (χ0v) is 14.9. The summed E-state index contributed by atoms with van der Waals surface area (Å²) in [6.07, 6.45) is 0. The van der Waals surface area contributed by atoms with Gasteiger partial charge in [-0.3, -0.25) is 4.79 Å². The Morgan fingerprint density at radius 1 is 0.923 bits per heavy atom. The Kier molecular flexibility index (Phi) is 6.84. The highest BCUT2D eigenvalue weighted by Crippen LogP contribution is 2.25. The molecular weight excluding hydrogens is 338 g/mol. The molecule has 0 aliphatic heterocycles. The standard InChI is InChI=1S/C19H21NO6/c1-23-15-9-8-13(10-14(15)19(22)25-3)11-20-18(21)12-26-17-7-5-4-6-16(17)24-2/h4-10H,11-12H2,1-3H3,(H,20,21). The quantitative estimate of drug-likeness (QED) is 0.728. The van der Waals surface area contributed by atoms with Gasteiger partial charge >= 0.3 is 5.97 Å². The van der Waals surface area contributed by atoms with E-state index in [2.05, 4.69) is 5.32 Å². The van der Waals surface area contributed by atoms with Crippen molar-refractivity contribution in [3.8, 4) is 17.2 Å². The molecule has 2 aromatic carbocycles. The van der Waals surface area contributed by atoms with E-state index in [1.807, 2.05) is 6.07 Å². The second kappa shape index (κ2) is 9.31. The summed E-state index contributed by atoms with van der Waals surface area (Å²) in [6, 6.07) is 12.1. The average molecular weight is 359 g/mol. The third-order valence-corrected chi connectivity index (χ3v) is 3.59. The third kappa shape index (κ3) is 4.89. The van der Waals surface area contributed by atoms with Gasteiger partial charge in [0.25, 0.3) is 5.91 Å². The van der Waals surface area contributed by atoms with Gasteiger partial charge in [0.05, 0.1) is 21.3 Å². The molecule has 1 N–H and O–H groups in total. The maximum Gasteiger partial charge on any atom is 0.341 e. The second-order valence-electron chi connectivity index (χ2n) is 5.24. The monoisotopic (exact) mass is 359 g/mol. The molecule has 0 heterocycles. The predicted octanol–water partition coefficient (Wildman–Crippen LogP) is 2.19. The number of nitrogens with one attached hydrogen (secondary N) is 1. The highest BCUT2D eigenvalue weighted by Gasteiger charge is 2.14. The first-order valence-electron chi connectivity index (χ1n) is 7.86. The number of hydrogen-bond donors (Lipinski definition) is 1. The van der Waals surface area contributed by atoms with Gasteiger partial charge in [-0.2, -0.15) is 0 Å². The number of carbonyl (C=O) groups excluding carboxylic acids is 2. The van der Waals surface area contributed by atoms with Crippen LogP contribution in [0.15, 0.2) is 42.5 Å². The van der Waals surface area contributed by atoms with E-state index in [1.165, 1.54) is 21.3 Å². The Bertz CT molecular complexity index is 774.